The summed E-state index contributed by atoms with van der Waals surface area (Å²) in [6.45, 7) is 2.53. The van der Waals surface area contributed by atoms with Gasteiger partial charge in [0, 0.05) is 16.7 Å². The number of amides is 1. The Morgan fingerprint density at radius 3 is 1.94 bits per heavy atom. The molecule has 0 saturated heterocycles. The maximum atomic E-state index is 13.0. The number of alkyl halides is 3. The van der Waals surface area contributed by atoms with Gasteiger partial charge in [-0.15, -0.1) is 0 Å². The molecule has 186 valence electrons. The van der Waals surface area contributed by atoms with Crippen molar-refractivity contribution in [3.8, 4) is 5.75 Å². The molecule has 2 aromatic rings. The van der Waals surface area contributed by atoms with Gasteiger partial charge in [0.15, 0.2) is 12.4 Å². The fourth-order valence-electron chi connectivity index (χ4n) is 2.79. The number of rotatable bonds is 9. The second-order valence-corrected chi connectivity index (χ2v) is 7.62. The number of hydrogen-bond donors (Lipinski definition) is 3. The number of benzene rings is 2. The molecule has 1 amide bonds. The molecule has 0 aliphatic heterocycles. The van der Waals surface area contributed by atoms with E-state index in [1.54, 1.807) is 13.8 Å². The molecule has 0 fully saturated rings. The number of halogens is 3. The smallest absolute Gasteiger partial charge is 0.482 e. The zero-order valence-corrected chi connectivity index (χ0v) is 18.6. The van der Waals surface area contributed by atoms with Gasteiger partial charge in [0.25, 0.3) is 5.91 Å². The number of ether oxygens (including phenoxy) is 2. The molecule has 35 heavy (non-hydrogen) atoms. The van der Waals surface area contributed by atoms with Crippen molar-refractivity contribution in [2.45, 2.75) is 26.1 Å². The highest BCUT2D eigenvalue weighted by atomic mass is 19.4. The summed E-state index contributed by atoms with van der Waals surface area (Å²) >= 11 is 0. The standard InChI is InChI=1S/C23H22F3N3O6/c1-12(2)18(29-21(32)15-5-3-14(4-6-15)20(27)28)19(31)13-7-9-16(10-8-13)34-11-17(30)35-22(33)23(24,25)26/h3-10,12,18H,11H2,1-2H3,(H3,27,28)(H,29,32). The molecular formula is C23H22F3N3O6. The fourth-order valence-corrected chi connectivity index (χ4v) is 2.79. The molecule has 2 aromatic carbocycles. The van der Waals surface area contributed by atoms with Crippen LogP contribution in [0.15, 0.2) is 48.5 Å². The monoisotopic (exact) mass is 493 g/mol. The minimum absolute atomic E-state index is 0.0358. The summed E-state index contributed by atoms with van der Waals surface area (Å²) in [5.74, 6) is -5.48. The third kappa shape index (κ3) is 7.66. The summed E-state index contributed by atoms with van der Waals surface area (Å²) < 4.78 is 44.9. The van der Waals surface area contributed by atoms with Crippen molar-refractivity contribution < 1.29 is 41.8 Å². The minimum Gasteiger partial charge on any atom is -0.482 e. The normalized spacial score (nSPS) is 11.9. The van der Waals surface area contributed by atoms with E-state index in [9.17, 15) is 32.3 Å². The topological polar surface area (TPSA) is 149 Å². The summed E-state index contributed by atoms with van der Waals surface area (Å²) in [6, 6.07) is 10.4. The van der Waals surface area contributed by atoms with Crippen molar-refractivity contribution in [3.05, 3.63) is 65.2 Å². The Bertz CT molecular complexity index is 1110. The van der Waals surface area contributed by atoms with E-state index < -0.39 is 42.5 Å². The van der Waals surface area contributed by atoms with Crippen LogP contribution in [0.4, 0.5) is 13.2 Å². The van der Waals surface area contributed by atoms with Crippen molar-refractivity contribution >= 4 is 29.5 Å². The van der Waals surface area contributed by atoms with Crippen LogP contribution in [0.1, 0.15) is 40.1 Å². The van der Waals surface area contributed by atoms with E-state index in [1.807, 2.05) is 0 Å². The molecule has 0 aliphatic carbocycles. The number of nitrogens with two attached hydrogens (primary N) is 1. The summed E-state index contributed by atoms with van der Waals surface area (Å²) in [5, 5.41) is 10.1. The van der Waals surface area contributed by atoms with Gasteiger partial charge < -0.3 is 20.5 Å². The number of ketones is 1. The van der Waals surface area contributed by atoms with Crippen molar-refractivity contribution in [2.75, 3.05) is 6.61 Å². The molecule has 4 N–H and O–H groups in total. The number of esters is 2. The second-order valence-electron chi connectivity index (χ2n) is 7.62. The first-order valence-electron chi connectivity index (χ1n) is 10.1. The number of nitrogens with one attached hydrogen (secondary N) is 2. The Labute approximate surface area is 197 Å². The van der Waals surface area contributed by atoms with Gasteiger partial charge in [-0.25, -0.2) is 9.59 Å². The van der Waals surface area contributed by atoms with E-state index in [0.717, 1.165) is 0 Å². The lowest BCUT2D eigenvalue weighted by Crippen LogP contribution is -2.44. The van der Waals surface area contributed by atoms with Crippen molar-refractivity contribution in [3.63, 3.8) is 0 Å². The van der Waals surface area contributed by atoms with Crippen LogP contribution in [-0.4, -0.2) is 48.3 Å². The van der Waals surface area contributed by atoms with Gasteiger partial charge in [-0.1, -0.05) is 26.0 Å². The number of Topliss-reactive ketones (excluding diaryl/α,β-unsaturated/α-hetero) is 1. The molecule has 0 aromatic heterocycles. The molecule has 9 nitrogen and oxygen atoms in total. The van der Waals surface area contributed by atoms with E-state index in [-0.39, 0.29) is 28.6 Å². The molecule has 0 spiro atoms. The third-order valence-electron chi connectivity index (χ3n) is 4.63. The quantitative estimate of drug-likeness (QED) is 0.160. The van der Waals surface area contributed by atoms with Gasteiger partial charge in [-0.05, 0) is 42.3 Å². The highest BCUT2D eigenvalue weighted by Crippen LogP contribution is 2.18. The van der Waals surface area contributed by atoms with Crippen LogP contribution < -0.4 is 15.8 Å². The molecule has 1 atom stereocenters. The maximum Gasteiger partial charge on any atom is 0.491 e. The van der Waals surface area contributed by atoms with Crippen LogP contribution in [0.3, 0.4) is 0 Å². The predicted molar refractivity (Wildman–Crippen MR) is 117 cm³/mol. The number of carbonyl (C=O) groups excluding carboxylic acids is 4. The maximum absolute atomic E-state index is 13.0. The zero-order valence-electron chi connectivity index (χ0n) is 18.6. The van der Waals surface area contributed by atoms with Crippen molar-refractivity contribution in [1.82, 2.24) is 5.32 Å². The van der Waals surface area contributed by atoms with E-state index >= 15 is 0 Å². The number of nitrogen functional groups attached to an aromatic ring is 1. The molecule has 1 unspecified atom stereocenters. The average molecular weight is 493 g/mol. The molecule has 0 heterocycles. The first-order chi connectivity index (χ1) is 16.3. The van der Waals surface area contributed by atoms with E-state index in [0.29, 0.717) is 5.56 Å². The summed E-state index contributed by atoms with van der Waals surface area (Å²) in [4.78, 5) is 47.5. The Kier molecular flexibility index (Phi) is 8.70. The Morgan fingerprint density at radius 1 is 0.943 bits per heavy atom. The van der Waals surface area contributed by atoms with E-state index in [2.05, 4.69) is 10.1 Å². The largest absolute Gasteiger partial charge is 0.491 e. The van der Waals surface area contributed by atoms with Gasteiger partial charge in [-0.3, -0.25) is 15.0 Å². The van der Waals surface area contributed by atoms with Gasteiger partial charge in [0.2, 0.25) is 0 Å². The SMILES string of the molecule is CC(C)C(NC(=O)c1ccc(C(=N)N)cc1)C(=O)c1ccc(OCC(=O)OC(=O)C(F)(F)F)cc1. The molecule has 12 heteroatoms. The van der Waals surface area contributed by atoms with Crippen LogP contribution in [0, 0.1) is 11.3 Å². The highest BCUT2D eigenvalue weighted by Gasteiger charge is 2.42. The Balaban J connectivity index is 2.02. The molecule has 0 radical (unpaired) electrons. The van der Waals surface area contributed by atoms with Crippen LogP contribution >= 0.6 is 0 Å². The molecule has 0 saturated carbocycles. The van der Waals surface area contributed by atoms with Gasteiger partial charge in [0.05, 0.1) is 6.04 Å². The number of hydrogen-bond acceptors (Lipinski definition) is 7. The van der Waals surface area contributed by atoms with Gasteiger partial charge in [0.1, 0.15) is 11.6 Å². The lowest BCUT2D eigenvalue weighted by Gasteiger charge is -2.21. The van der Waals surface area contributed by atoms with Gasteiger partial charge in [-0.2, -0.15) is 13.2 Å². The second kappa shape index (κ2) is 11.3. The molecular weight excluding hydrogens is 471 g/mol. The van der Waals surface area contributed by atoms with Crippen LogP contribution in [-0.2, 0) is 14.3 Å². The highest BCUT2D eigenvalue weighted by molar-refractivity contribution is 6.05. The van der Waals surface area contributed by atoms with Crippen molar-refractivity contribution in [1.29, 1.82) is 5.41 Å². The molecule has 0 bridgehead atoms. The van der Waals surface area contributed by atoms with Crippen LogP contribution in [0.2, 0.25) is 0 Å². The number of amidine groups is 1. The number of carbonyl (C=O) groups is 4. The fraction of sp³-hybridized carbons (Fsp3) is 0.261. The average Bonchev–Trinajstić information content (AvgIpc) is 2.80. The Hall–Kier alpha value is -4.22. The van der Waals surface area contributed by atoms with Crippen molar-refractivity contribution in [2.24, 2.45) is 11.7 Å². The first-order valence-corrected chi connectivity index (χ1v) is 10.1. The zero-order chi connectivity index (χ0) is 26.3. The summed E-state index contributed by atoms with van der Waals surface area (Å²) in [5.41, 5.74) is 6.32. The lowest BCUT2D eigenvalue weighted by atomic mass is 9.94. The van der Waals surface area contributed by atoms with E-state index in [4.69, 9.17) is 15.9 Å². The molecule has 2 rings (SSSR count). The van der Waals surface area contributed by atoms with Gasteiger partial charge >= 0.3 is 18.1 Å². The van der Waals surface area contributed by atoms with E-state index in [1.165, 1.54) is 48.5 Å². The Morgan fingerprint density at radius 2 is 1.46 bits per heavy atom. The minimum atomic E-state index is -5.31. The first kappa shape index (κ1) is 27.0. The predicted octanol–water partition coefficient (Wildman–Crippen LogP) is 2.62. The third-order valence-corrected chi connectivity index (χ3v) is 4.63. The summed E-state index contributed by atoms with van der Waals surface area (Å²) in [7, 11) is 0. The molecule has 0 aliphatic rings. The summed E-state index contributed by atoms with van der Waals surface area (Å²) in [6.07, 6.45) is -5.31. The lowest BCUT2D eigenvalue weighted by molar-refractivity contribution is -0.202. The van der Waals surface area contributed by atoms with Crippen LogP contribution in [0.25, 0.3) is 0 Å². The van der Waals surface area contributed by atoms with Crippen LogP contribution in [0.5, 0.6) is 5.75 Å².